The number of para-hydroxylation sites is 1. The average Bonchev–Trinajstić information content (AvgIpc) is 2.26. The minimum absolute atomic E-state index is 0.0309. The van der Waals surface area contributed by atoms with E-state index < -0.39 is 6.10 Å². The van der Waals surface area contributed by atoms with E-state index in [0.29, 0.717) is 11.3 Å². The SMILES string of the molecule is CC(=O)c1ccccc1NCC(O)CO. The van der Waals surface area contributed by atoms with Crippen LogP contribution >= 0.6 is 0 Å². The number of hydrogen-bond acceptors (Lipinski definition) is 4. The maximum Gasteiger partial charge on any atom is 0.161 e. The van der Waals surface area contributed by atoms with Crippen LogP contribution in [0.1, 0.15) is 17.3 Å². The molecule has 1 rings (SSSR count). The number of Topliss-reactive ketones (excluding diaryl/α,β-unsaturated/α-hetero) is 1. The van der Waals surface area contributed by atoms with Crippen molar-refractivity contribution in [3.8, 4) is 0 Å². The Morgan fingerprint density at radius 1 is 1.47 bits per heavy atom. The van der Waals surface area contributed by atoms with E-state index in [-0.39, 0.29) is 18.9 Å². The minimum atomic E-state index is -0.815. The molecule has 0 aromatic heterocycles. The van der Waals surface area contributed by atoms with Crippen LogP contribution in [-0.2, 0) is 0 Å². The fourth-order valence-electron chi connectivity index (χ4n) is 1.24. The number of nitrogens with one attached hydrogen (secondary N) is 1. The average molecular weight is 209 g/mol. The van der Waals surface area contributed by atoms with E-state index in [1.165, 1.54) is 6.92 Å². The summed E-state index contributed by atoms with van der Waals surface area (Å²) in [5.74, 6) is -0.0309. The Bertz CT molecular complexity index is 338. The van der Waals surface area contributed by atoms with E-state index in [9.17, 15) is 4.79 Å². The highest BCUT2D eigenvalue weighted by Gasteiger charge is 2.07. The molecule has 1 aromatic carbocycles. The number of hydrogen-bond donors (Lipinski definition) is 3. The van der Waals surface area contributed by atoms with Crippen LogP contribution in [-0.4, -0.2) is 35.3 Å². The zero-order valence-corrected chi connectivity index (χ0v) is 8.60. The summed E-state index contributed by atoms with van der Waals surface area (Å²) >= 11 is 0. The van der Waals surface area contributed by atoms with Gasteiger partial charge in [0, 0.05) is 17.8 Å². The largest absolute Gasteiger partial charge is 0.394 e. The molecule has 0 amide bonds. The molecular weight excluding hydrogens is 194 g/mol. The van der Waals surface area contributed by atoms with Crippen molar-refractivity contribution in [3.63, 3.8) is 0 Å². The number of aliphatic hydroxyl groups is 2. The topological polar surface area (TPSA) is 69.6 Å². The number of anilines is 1. The molecule has 0 radical (unpaired) electrons. The first-order valence-electron chi connectivity index (χ1n) is 4.78. The molecule has 0 aliphatic carbocycles. The van der Waals surface area contributed by atoms with E-state index in [1.807, 2.05) is 0 Å². The monoisotopic (exact) mass is 209 g/mol. The second-order valence-electron chi connectivity index (χ2n) is 3.32. The van der Waals surface area contributed by atoms with Crippen LogP contribution in [0, 0.1) is 0 Å². The Morgan fingerprint density at radius 2 is 2.13 bits per heavy atom. The third-order valence-electron chi connectivity index (χ3n) is 2.05. The van der Waals surface area contributed by atoms with Crippen molar-refractivity contribution in [3.05, 3.63) is 29.8 Å². The lowest BCUT2D eigenvalue weighted by Crippen LogP contribution is -2.23. The van der Waals surface area contributed by atoms with Crippen molar-refractivity contribution >= 4 is 11.5 Å². The van der Waals surface area contributed by atoms with Gasteiger partial charge in [-0.3, -0.25) is 4.79 Å². The molecular formula is C11H15NO3. The Morgan fingerprint density at radius 3 is 2.73 bits per heavy atom. The van der Waals surface area contributed by atoms with Crippen LogP contribution in [0.2, 0.25) is 0 Å². The first-order valence-corrected chi connectivity index (χ1v) is 4.78. The summed E-state index contributed by atoms with van der Waals surface area (Å²) in [6.07, 6.45) is -0.815. The normalized spacial score (nSPS) is 12.2. The van der Waals surface area contributed by atoms with Crippen molar-refractivity contribution in [2.75, 3.05) is 18.5 Å². The molecule has 0 heterocycles. The Labute approximate surface area is 88.6 Å². The summed E-state index contributed by atoms with van der Waals surface area (Å²) in [5.41, 5.74) is 1.26. The zero-order chi connectivity index (χ0) is 11.3. The van der Waals surface area contributed by atoms with Gasteiger partial charge in [-0.1, -0.05) is 12.1 Å². The van der Waals surface area contributed by atoms with Crippen LogP contribution < -0.4 is 5.32 Å². The lowest BCUT2D eigenvalue weighted by atomic mass is 10.1. The van der Waals surface area contributed by atoms with Crippen molar-refractivity contribution in [1.29, 1.82) is 0 Å². The van der Waals surface area contributed by atoms with Crippen molar-refractivity contribution in [2.24, 2.45) is 0 Å². The van der Waals surface area contributed by atoms with E-state index in [4.69, 9.17) is 10.2 Å². The van der Waals surface area contributed by atoms with Gasteiger partial charge in [0.2, 0.25) is 0 Å². The first kappa shape index (κ1) is 11.7. The molecule has 0 bridgehead atoms. The lowest BCUT2D eigenvalue weighted by molar-refractivity contribution is 0.101. The highest BCUT2D eigenvalue weighted by atomic mass is 16.3. The summed E-state index contributed by atoms with van der Waals surface area (Å²) in [7, 11) is 0. The van der Waals surface area contributed by atoms with Gasteiger partial charge in [0.25, 0.3) is 0 Å². The van der Waals surface area contributed by atoms with Gasteiger partial charge >= 0.3 is 0 Å². The van der Waals surface area contributed by atoms with Gasteiger partial charge in [-0.25, -0.2) is 0 Å². The summed E-state index contributed by atoms with van der Waals surface area (Å²) in [5, 5.41) is 20.7. The standard InChI is InChI=1S/C11H15NO3/c1-8(14)10-4-2-3-5-11(10)12-6-9(15)7-13/h2-5,9,12-13,15H,6-7H2,1H3. The third kappa shape index (κ3) is 3.34. The quantitative estimate of drug-likeness (QED) is 0.623. The molecule has 3 N–H and O–H groups in total. The van der Waals surface area contributed by atoms with Gasteiger partial charge < -0.3 is 15.5 Å². The molecule has 0 saturated carbocycles. The van der Waals surface area contributed by atoms with Crippen LogP contribution in [0.25, 0.3) is 0 Å². The van der Waals surface area contributed by atoms with Gasteiger partial charge in [0.15, 0.2) is 5.78 Å². The number of rotatable bonds is 5. The summed E-state index contributed by atoms with van der Waals surface area (Å²) < 4.78 is 0. The molecule has 1 aromatic rings. The van der Waals surface area contributed by atoms with Crippen LogP contribution in [0.5, 0.6) is 0 Å². The molecule has 4 nitrogen and oxygen atoms in total. The molecule has 4 heteroatoms. The smallest absolute Gasteiger partial charge is 0.161 e. The summed E-state index contributed by atoms with van der Waals surface area (Å²) in [6, 6.07) is 7.07. The van der Waals surface area contributed by atoms with Crippen molar-refractivity contribution in [2.45, 2.75) is 13.0 Å². The van der Waals surface area contributed by atoms with E-state index in [0.717, 1.165) is 0 Å². The molecule has 1 unspecified atom stereocenters. The molecule has 0 fully saturated rings. The second-order valence-corrected chi connectivity index (χ2v) is 3.32. The van der Waals surface area contributed by atoms with E-state index in [2.05, 4.69) is 5.32 Å². The number of carbonyl (C=O) groups excluding carboxylic acids is 1. The number of aliphatic hydroxyl groups excluding tert-OH is 2. The van der Waals surface area contributed by atoms with Crippen LogP contribution in [0.3, 0.4) is 0 Å². The molecule has 15 heavy (non-hydrogen) atoms. The lowest BCUT2D eigenvalue weighted by Gasteiger charge is -2.12. The maximum atomic E-state index is 11.2. The van der Waals surface area contributed by atoms with Crippen molar-refractivity contribution in [1.82, 2.24) is 0 Å². The van der Waals surface area contributed by atoms with Crippen LogP contribution in [0.15, 0.2) is 24.3 Å². The molecule has 1 atom stereocenters. The Hall–Kier alpha value is -1.39. The van der Waals surface area contributed by atoms with E-state index in [1.54, 1.807) is 24.3 Å². The Kier molecular flexibility index (Phi) is 4.27. The first-order chi connectivity index (χ1) is 7.15. The number of ketones is 1. The molecule has 0 spiro atoms. The minimum Gasteiger partial charge on any atom is -0.394 e. The number of carbonyl (C=O) groups is 1. The molecule has 0 aliphatic heterocycles. The van der Waals surface area contributed by atoms with Crippen molar-refractivity contribution < 1.29 is 15.0 Å². The summed E-state index contributed by atoms with van der Waals surface area (Å²) in [4.78, 5) is 11.2. The van der Waals surface area contributed by atoms with Crippen LogP contribution in [0.4, 0.5) is 5.69 Å². The highest BCUT2D eigenvalue weighted by Crippen LogP contribution is 2.15. The van der Waals surface area contributed by atoms with Gasteiger partial charge in [-0.2, -0.15) is 0 Å². The van der Waals surface area contributed by atoms with Gasteiger partial charge in [-0.05, 0) is 19.1 Å². The fraction of sp³-hybridized carbons (Fsp3) is 0.364. The predicted octanol–water partition coefficient (Wildman–Crippen LogP) is 0.654. The Balaban J connectivity index is 2.72. The summed E-state index contributed by atoms with van der Waals surface area (Å²) in [6.45, 7) is 1.42. The molecule has 0 aliphatic rings. The number of benzene rings is 1. The zero-order valence-electron chi connectivity index (χ0n) is 8.60. The van der Waals surface area contributed by atoms with Gasteiger partial charge in [0.1, 0.15) is 0 Å². The van der Waals surface area contributed by atoms with E-state index >= 15 is 0 Å². The maximum absolute atomic E-state index is 11.2. The molecule has 0 saturated heterocycles. The fourth-order valence-corrected chi connectivity index (χ4v) is 1.24. The van der Waals surface area contributed by atoms with Gasteiger partial charge in [0.05, 0.1) is 12.7 Å². The third-order valence-corrected chi connectivity index (χ3v) is 2.05. The molecule has 82 valence electrons. The van der Waals surface area contributed by atoms with Gasteiger partial charge in [-0.15, -0.1) is 0 Å². The second kappa shape index (κ2) is 5.48. The predicted molar refractivity (Wildman–Crippen MR) is 58.0 cm³/mol. The highest BCUT2D eigenvalue weighted by molar-refractivity contribution is 5.99.